The number of amides is 1. The standard InChI is InChI=1S/C29H41N3O4/c1-7-14-29(15-16-29)20-34-25-11-9-22-24(30-36-26(22)23(25)19-31(5)6)10-8-21-12-17-32(18-13-21)27(33)35-28(2,3)4/h9,11,21H,8,10,12-13,15-20H2,1-6H3. The fraction of sp³-hybridized carbons (Fsp3) is 0.655. The topological polar surface area (TPSA) is 68.0 Å². The second kappa shape index (κ2) is 10.7. The van der Waals surface area contributed by atoms with Crippen molar-refractivity contribution in [1.29, 1.82) is 0 Å². The molecule has 0 spiro atoms. The first-order chi connectivity index (χ1) is 17.1. The van der Waals surface area contributed by atoms with Crippen molar-refractivity contribution < 1.29 is 18.8 Å². The smallest absolute Gasteiger partial charge is 0.410 e. The molecule has 1 amide bonds. The summed E-state index contributed by atoms with van der Waals surface area (Å²) in [5.41, 5.74) is 2.43. The molecule has 0 atom stereocenters. The third kappa shape index (κ3) is 6.53. The number of hydrogen-bond donors (Lipinski definition) is 0. The lowest BCUT2D eigenvalue weighted by atomic mass is 9.91. The molecule has 1 saturated heterocycles. The molecule has 1 aromatic heterocycles. The minimum Gasteiger partial charge on any atom is -0.492 e. The van der Waals surface area contributed by atoms with Crippen LogP contribution in [0.5, 0.6) is 5.75 Å². The summed E-state index contributed by atoms with van der Waals surface area (Å²) in [6.07, 6.45) is 5.86. The highest BCUT2D eigenvalue weighted by molar-refractivity contribution is 5.84. The SMILES string of the molecule is CC#CC1(COc2ccc3c(CCC4CCN(C(=O)OC(C)(C)C)CC4)noc3c2CN(C)C)CC1. The largest absolute Gasteiger partial charge is 0.492 e. The van der Waals surface area contributed by atoms with Gasteiger partial charge in [0.1, 0.15) is 18.0 Å². The Morgan fingerprint density at radius 1 is 1.25 bits per heavy atom. The van der Waals surface area contributed by atoms with Gasteiger partial charge in [0.2, 0.25) is 0 Å². The Morgan fingerprint density at radius 2 is 1.97 bits per heavy atom. The first-order valence-corrected chi connectivity index (χ1v) is 13.2. The van der Waals surface area contributed by atoms with E-state index in [0.717, 1.165) is 86.1 Å². The molecule has 7 heteroatoms. The van der Waals surface area contributed by atoms with Gasteiger partial charge in [-0.1, -0.05) is 11.1 Å². The Bertz CT molecular complexity index is 1120. The van der Waals surface area contributed by atoms with Crippen molar-refractivity contribution in [3.8, 4) is 17.6 Å². The van der Waals surface area contributed by atoms with Crippen LogP contribution in [0.25, 0.3) is 11.0 Å². The van der Waals surface area contributed by atoms with Crippen LogP contribution < -0.4 is 4.74 Å². The zero-order valence-electron chi connectivity index (χ0n) is 22.8. The molecule has 1 saturated carbocycles. The zero-order valence-corrected chi connectivity index (χ0v) is 22.8. The molecule has 36 heavy (non-hydrogen) atoms. The van der Waals surface area contributed by atoms with Gasteiger partial charge in [-0.05, 0) is 98.4 Å². The third-order valence-corrected chi connectivity index (χ3v) is 7.05. The van der Waals surface area contributed by atoms with Crippen LogP contribution in [0, 0.1) is 23.2 Å². The molecule has 0 bridgehead atoms. The van der Waals surface area contributed by atoms with Crippen LogP contribution in [0.3, 0.4) is 0 Å². The molecule has 2 fully saturated rings. The highest BCUT2D eigenvalue weighted by Crippen LogP contribution is 2.45. The van der Waals surface area contributed by atoms with Crippen LogP contribution in [0.4, 0.5) is 4.79 Å². The lowest BCUT2D eigenvalue weighted by Crippen LogP contribution is -2.41. The molecule has 1 aromatic carbocycles. The van der Waals surface area contributed by atoms with Gasteiger partial charge in [-0.15, -0.1) is 5.92 Å². The van der Waals surface area contributed by atoms with E-state index in [0.29, 0.717) is 12.5 Å². The van der Waals surface area contributed by atoms with Crippen molar-refractivity contribution in [2.45, 2.75) is 78.4 Å². The van der Waals surface area contributed by atoms with E-state index in [1.165, 1.54) is 0 Å². The first kappa shape index (κ1) is 26.3. The van der Waals surface area contributed by atoms with Crippen molar-refractivity contribution in [2.75, 3.05) is 33.8 Å². The molecule has 0 unspecified atom stereocenters. The normalized spacial score (nSPS) is 17.7. The lowest BCUT2D eigenvalue weighted by molar-refractivity contribution is 0.0181. The van der Waals surface area contributed by atoms with Crippen molar-refractivity contribution in [1.82, 2.24) is 15.0 Å². The number of carbonyl (C=O) groups is 1. The molecular weight excluding hydrogens is 454 g/mol. The number of hydrogen-bond acceptors (Lipinski definition) is 6. The highest BCUT2D eigenvalue weighted by Gasteiger charge is 2.42. The van der Waals surface area contributed by atoms with Gasteiger partial charge in [-0.2, -0.15) is 0 Å². The average Bonchev–Trinajstić information content (AvgIpc) is 3.45. The molecule has 0 N–H and O–H groups in total. The predicted molar refractivity (Wildman–Crippen MR) is 141 cm³/mol. The van der Waals surface area contributed by atoms with E-state index in [2.05, 4.69) is 48.1 Å². The Hall–Kier alpha value is -2.72. The number of rotatable bonds is 8. The van der Waals surface area contributed by atoms with Gasteiger partial charge in [0.05, 0.1) is 16.7 Å². The summed E-state index contributed by atoms with van der Waals surface area (Å²) in [6, 6.07) is 4.16. The molecule has 1 aliphatic heterocycles. The number of carbonyl (C=O) groups excluding carboxylic acids is 1. The summed E-state index contributed by atoms with van der Waals surface area (Å²) in [7, 11) is 4.10. The van der Waals surface area contributed by atoms with Gasteiger partial charge in [-0.25, -0.2) is 4.79 Å². The molecule has 2 heterocycles. The average molecular weight is 496 g/mol. The Kier molecular flexibility index (Phi) is 7.85. The van der Waals surface area contributed by atoms with Gasteiger partial charge in [-0.3, -0.25) is 0 Å². The van der Waals surface area contributed by atoms with E-state index in [9.17, 15) is 4.79 Å². The maximum Gasteiger partial charge on any atom is 0.410 e. The van der Waals surface area contributed by atoms with Gasteiger partial charge >= 0.3 is 6.09 Å². The monoisotopic (exact) mass is 495 g/mol. The van der Waals surface area contributed by atoms with E-state index < -0.39 is 5.60 Å². The lowest BCUT2D eigenvalue weighted by Gasteiger charge is -2.33. The quantitative estimate of drug-likeness (QED) is 0.441. The van der Waals surface area contributed by atoms with Crippen LogP contribution in [-0.2, 0) is 17.7 Å². The summed E-state index contributed by atoms with van der Waals surface area (Å²) in [6.45, 7) is 10.4. The summed E-state index contributed by atoms with van der Waals surface area (Å²) in [5.74, 6) is 7.80. The Balaban J connectivity index is 1.39. The second-order valence-corrected chi connectivity index (χ2v) is 11.7. The van der Waals surface area contributed by atoms with Crippen LogP contribution in [-0.4, -0.2) is 60.4 Å². The number of ether oxygens (including phenoxy) is 2. The maximum atomic E-state index is 12.3. The molecule has 7 nitrogen and oxygen atoms in total. The van der Waals surface area contributed by atoms with E-state index in [-0.39, 0.29) is 11.5 Å². The number of aromatic nitrogens is 1. The van der Waals surface area contributed by atoms with E-state index in [1.807, 2.05) is 32.6 Å². The number of nitrogens with zero attached hydrogens (tertiary/aromatic N) is 3. The molecule has 4 rings (SSSR count). The van der Waals surface area contributed by atoms with Gasteiger partial charge in [0, 0.05) is 25.0 Å². The second-order valence-electron chi connectivity index (χ2n) is 11.7. The van der Waals surface area contributed by atoms with Gasteiger partial charge in [0.25, 0.3) is 0 Å². The molecule has 196 valence electrons. The molecular formula is C29H41N3O4. The van der Waals surface area contributed by atoms with Crippen molar-refractivity contribution in [3.63, 3.8) is 0 Å². The summed E-state index contributed by atoms with van der Waals surface area (Å²) in [4.78, 5) is 16.3. The highest BCUT2D eigenvalue weighted by atomic mass is 16.6. The van der Waals surface area contributed by atoms with Crippen LogP contribution in [0.15, 0.2) is 16.7 Å². The molecule has 2 aromatic rings. The molecule has 0 radical (unpaired) electrons. The predicted octanol–water partition coefficient (Wildman–Crippen LogP) is 5.65. The van der Waals surface area contributed by atoms with Crippen LogP contribution >= 0.6 is 0 Å². The van der Waals surface area contributed by atoms with Crippen molar-refractivity contribution >= 4 is 17.1 Å². The fourth-order valence-electron chi connectivity index (χ4n) is 4.88. The van der Waals surface area contributed by atoms with Gasteiger partial charge in [0.15, 0.2) is 5.58 Å². The number of aryl methyl sites for hydroxylation is 1. The van der Waals surface area contributed by atoms with Crippen LogP contribution in [0.1, 0.15) is 71.1 Å². The Labute approximate surface area is 215 Å². The summed E-state index contributed by atoms with van der Waals surface area (Å²) in [5, 5.41) is 5.54. The first-order valence-electron chi connectivity index (χ1n) is 13.2. The zero-order chi connectivity index (χ0) is 25.9. The molecule has 2 aliphatic rings. The Morgan fingerprint density at radius 3 is 2.58 bits per heavy atom. The number of benzene rings is 1. The number of fused-ring (bicyclic) bond motifs is 1. The van der Waals surface area contributed by atoms with Crippen LogP contribution in [0.2, 0.25) is 0 Å². The van der Waals surface area contributed by atoms with E-state index in [1.54, 1.807) is 0 Å². The van der Waals surface area contributed by atoms with Gasteiger partial charge < -0.3 is 23.8 Å². The maximum absolute atomic E-state index is 12.3. The fourth-order valence-corrected chi connectivity index (χ4v) is 4.88. The minimum atomic E-state index is -0.457. The van der Waals surface area contributed by atoms with E-state index in [4.69, 9.17) is 14.0 Å². The summed E-state index contributed by atoms with van der Waals surface area (Å²) >= 11 is 0. The number of piperidine rings is 1. The summed E-state index contributed by atoms with van der Waals surface area (Å²) < 4.78 is 17.7. The molecule has 1 aliphatic carbocycles. The van der Waals surface area contributed by atoms with E-state index >= 15 is 0 Å². The van der Waals surface area contributed by atoms with Crippen molar-refractivity contribution in [2.24, 2.45) is 11.3 Å². The number of likely N-dealkylation sites (tertiary alicyclic amines) is 1. The van der Waals surface area contributed by atoms with Crippen molar-refractivity contribution in [3.05, 3.63) is 23.4 Å². The third-order valence-electron chi connectivity index (χ3n) is 7.05. The minimum absolute atomic E-state index is 0.0186.